The van der Waals surface area contributed by atoms with Gasteiger partial charge in [-0.05, 0) is 23.3 Å². The van der Waals surface area contributed by atoms with E-state index in [1.54, 1.807) is 12.1 Å². The Morgan fingerprint density at radius 3 is 2.63 bits per heavy atom. The maximum Gasteiger partial charge on any atom is 0.222 e. The lowest BCUT2D eigenvalue weighted by atomic mass is 10.0. The van der Waals surface area contributed by atoms with E-state index in [0.717, 1.165) is 5.56 Å². The normalized spacial score (nSPS) is 14.6. The minimum absolute atomic E-state index is 0. The number of hydrogen-bond acceptors (Lipinski definition) is 5. The average molecular weight is 413 g/mol. The number of carbonyl (C=O) groups excluding carboxylic acids is 1. The van der Waals surface area contributed by atoms with Crippen LogP contribution in [0.3, 0.4) is 0 Å². The number of aliphatic hydroxyl groups excluding tert-OH is 1. The van der Waals surface area contributed by atoms with Crippen LogP contribution in [0.2, 0.25) is 5.02 Å². The zero-order valence-electron chi connectivity index (χ0n) is 14.6. The zero-order valence-corrected chi connectivity index (χ0v) is 16.1. The van der Waals surface area contributed by atoms with Crippen molar-refractivity contribution in [3.05, 3.63) is 58.6 Å². The molecule has 0 aliphatic carbocycles. The van der Waals surface area contributed by atoms with Crippen LogP contribution in [0.1, 0.15) is 29.7 Å². The minimum Gasteiger partial charge on any atom is -0.486 e. The SMILES string of the molecule is Cl.NC(CC(=O)NCC(O)c1cc(Cl)c2c(c1)OCCO2)c1ccccc1. The molecule has 146 valence electrons. The molecule has 2 unspecified atom stereocenters. The minimum atomic E-state index is -0.916. The van der Waals surface area contributed by atoms with Crippen LogP contribution in [0.25, 0.3) is 0 Å². The van der Waals surface area contributed by atoms with Gasteiger partial charge in [-0.1, -0.05) is 41.9 Å². The molecule has 2 aromatic carbocycles. The Morgan fingerprint density at radius 1 is 1.19 bits per heavy atom. The first-order valence-electron chi connectivity index (χ1n) is 8.39. The van der Waals surface area contributed by atoms with Crippen molar-refractivity contribution >= 4 is 29.9 Å². The third-order valence-corrected chi connectivity index (χ3v) is 4.41. The van der Waals surface area contributed by atoms with Crippen LogP contribution in [0, 0.1) is 0 Å². The average Bonchev–Trinajstić information content (AvgIpc) is 2.66. The summed E-state index contributed by atoms with van der Waals surface area (Å²) in [4.78, 5) is 12.1. The molecule has 3 rings (SSSR count). The monoisotopic (exact) mass is 412 g/mol. The van der Waals surface area contributed by atoms with E-state index in [0.29, 0.717) is 35.3 Å². The zero-order chi connectivity index (χ0) is 18.5. The summed E-state index contributed by atoms with van der Waals surface area (Å²) in [5.41, 5.74) is 7.48. The Hall–Kier alpha value is -1.99. The van der Waals surface area contributed by atoms with Gasteiger partial charge in [0.05, 0.1) is 11.1 Å². The first kappa shape index (κ1) is 21.3. The van der Waals surface area contributed by atoms with Gasteiger partial charge in [0, 0.05) is 19.0 Å². The van der Waals surface area contributed by atoms with E-state index in [1.807, 2.05) is 30.3 Å². The van der Waals surface area contributed by atoms with E-state index >= 15 is 0 Å². The van der Waals surface area contributed by atoms with E-state index in [9.17, 15) is 9.90 Å². The van der Waals surface area contributed by atoms with Crippen molar-refractivity contribution in [2.45, 2.75) is 18.6 Å². The molecule has 0 radical (unpaired) electrons. The molecule has 4 N–H and O–H groups in total. The van der Waals surface area contributed by atoms with Crippen molar-refractivity contribution in [3.63, 3.8) is 0 Å². The number of nitrogens with two attached hydrogens (primary N) is 1. The van der Waals surface area contributed by atoms with Gasteiger partial charge in [-0.3, -0.25) is 4.79 Å². The van der Waals surface area contributed by atoms with Gasteiger partial charge < -0.3 is 25.6 Å². The fourth-order valence-corrected chi connectivity index (χ4v) is 3.02. The van der Waals surface area contributed by atoms with Gasteiger partial charge in [0.15, 0.2) is 11.5 Å². The lowest BCUT2D eigenvalue weighted by Crippen LogP contribution is -2.31. The van der Waals surface area contributed by atoms with Crippen LogP contribution in [-0.4, -0.2) is 30.8 Å². The Morgan fingerprint density at radius 2 is 1.89 bits per heavy atom. The van der Waals surface area contributed by atoms with Crippen LogP contribution in [0.5, 0.6) is 11.5 Å². The van der Waals surface area contributed by atoms with Crippen LogP contribution in [-0.2, 0) is 4.79 Å². The second-order valence-electron chi connectivity index (χ2n) is 6.07. The molecule has 0 spiro atoms. The number of aliphatic hydroxyl groups is 1. The summed E-state index contributed by atoms with van der Waals surface area (Å²) in [5.74, 6) is 0.742. The number of rotatable bonds is 6. The lowest BCUT2D eigenvalue weighted by Gasteiger charge is -2.22. The number of fused-ring (bicyclic) bond motifs is 1. The predicted octanol–water partition coefficient (Wildman–Crippen LogP) is 2.77. The Labute approximate surface area is 169 Å². The van der Waals surface area contributed by atoms with E-state index in [2.05, 4.69) is 5.32 Å². The molecule has 1 aliphatic heterocycles. The largest absolute Gasteiger partial charge is 0.486 e. The highest BCUT2D eigenvalue weighted by molar-refractivity contribution is 6.32. The van der Waals surface area contributed by atoms with E-state index < -0.39 is 12.1 Å². The number of hydrogen-bond donors (Lipinski definition) is 3. The van der Waals surface area contributed by atoms with Crippen molar-refractivity contribution < 1.29 is 19.4 Å². The first-order chi connectivity index (χ1) is 12.5. The maximum atomic E-state index is 12.1. The summed E-state index contributed by atoms with van der Waals surface area (Å²) < 4.78 is 10.9. The molecule has 0 bridgehead atoms. The Bertz CT molecular complexity index is 774. The molecule has 1 heterocycles. The number of nitrogens with one attached hydrogen (secondary N) is 1. The second-order valence-corrected chi connectivity index (χ2v) is 6.48. The van der Waals surface area contributed by atoms with Crippen LogP contribution >= 0.6 is 24.0 Å². The Balaban J connectivity index is 0.00000261. The fraction of sp³-hybridized carbons (Fsp3) is 0.316. The summed E-state index contributed by atoms with van der Waals surface area (Å²) in [7, 11) is 0. The molecule has 0 saturated carbocycles. The first-order valence-corrected chi connectivity index (χ1v) is 8.76. The topological polar surface area (TPSA) is 93.8 Å². The summed E-state index contributed by atoms with van der Waals surface area (Å²) in [5, 5.41) is 13.4. The number of amides is 1. The van der Waals surface area contributed by atoms with Crippen LogP contribution in [0.15, 0.2) is 42.5 Å². The highest BCUT2D eigenvalue weighted by Gasteiger charge is 2.20. The molecular weight excluding hydrogens is 391 g/mol. The van der Waals surface area contributed by atoms with Crippen LogP contribution < -0.4 is 20.5 Å². The predicted molar refractivity (Wildman–Crippen MR) is 106 cm³/mol. The number of carbonyl (C=O) groups is 1. The van der Waals surface area contributed by atoms with Crippen molar-refractivity contribution in [1.29, 1.82) is 0 Å². The summed E-state index contributed by atoms with van der Waals surface area (Å²) in [6, 6.07) is 12.3. The highest BCUT2D eigenvalue weighted by atomic mass is 35.5. The van der Waals surface area contributed by atoms with Crippen molar-refractivity contribution in [1.82, 2.24) is 5.32 Å². The third-order valence-electron chi connectivity index (χ3n) is 4.13. The number of halogens is 2. The summed E-state index contributed by atoms with van der Waals surface area (Å²) >= 11 is 6.17. The molecule has 27 heavy (non-hydrogen) atoms. The maximum absolute atomic E-state index is 12.1. The molecule has 0 fully saturated rings. The van der Waals surface area contributed by atoms with E-state index in [1.165, 1.54) is 0 Å². The molecule has 1 amide bonds. The van der Waals surface area contributed by atoms with Gasteiger partial charge in [0.25, 0.3) is 0 Å². The Kier molecular flexibility index (Phi) is 7.74. The standard InChI is InChI=1S/C19H21ClN2O4.ClH/c20-14-8-13(9-17-19(14)26-7-6-25-17)16(23)11-22-18(24)10-15(21)12-4-2-1-3-5-12;/h1-5,8-9,15-16,23H,6-7,10-11,21H2,(H,22,24);1H. The van der Waals surface area contributed by atoms with Gasteiger partial charge >= 0.3 is 0 Å². The molecule has 0 aromatic heterocycles. The van der Waals surface area contributed by atoms with Crippen molar-refractivity contribution in [2.75, 3.05) is 19.8 Å². The van der Waals surface area contributed by atoms with E-state index in [4.69, 9.17) is 26.8 Å². The fourth-order valence-electron chi connectivity index (χ4n) is 2.74. The van der Waals surface area contributed by atoms with Gasteiger partial charge in [-0.25, -0.2) is 0 Å². The molecule has 2 aromatic rings. The number of benzene rings is 2. The van der Waals surface area contributed by atoms with Crippen LogP contribution in [0.4, 0.5) is 0 Å². The number of ether oxygens (including phenoxy) is 2. The smallest absolute Gasteiger partial charge is 0.222 e. The molecular formula is C19H22Cl2N2O4. The summed E-state index contributed by atoms with van der Waals surface area (Å²) in [6.45, 7) is 0.916. The van der Waals surface area contributed by atoms with E-state index in [-0.39, 0.29) is 31.3 Å². The third kappa shape index (κ3) is 5.49. The molecule has 0 saturated heterocycles. The second kappa shape index (κ2) is 9.80. The molecule has 2 atom stereocenters. The van der Waals surface area contributed by atoms with Crippen molar-refractivity contribution in [2.24, 2.45) is 5.73 Å². The van der Waals surface area contributed by atoms with Crippen molar-refractivity contribution in [3.8, 4) is 11.5 Å². The van der Waals surface area contributed by atoms with Gasteiger partial charge in [-0.2, -0.15) is 0 Å². The van der Waals surface area contributed by atoms with Gasteiger partial charge in [-0.15, -0.1) is 12.4 Å². The molecule has 6 nitrogen and oxygen atoms in total. The quantitative estimate of drug-likeness (QED) is 0.677. The van der Waals surface area contributed by atoms with Gasteiger partial charge in [0.1, 0.15) is 13.2 Å². The molecule has 1 aliphatic rings. The van der Waals surface area contributed by atoms with Gasteiger partial charge in [0.2, 0.25) is 5.91 Å². The highest BCUT2D eigenvalue weighted by Crippen LogP contribution is 2.39. The lowest BCUT2D eigenvalue weighted by molar-refractivity contribution is -0.121. The molecule has 8 heteroatoms. The summed E-state index contributed by atoms with van der Waals surface area (Å²) in [6.07, 6.45) is -0.779.